The van der Waals surface area contributed by atoms with Crippen LogP contribution in [0.5, 0.6) is 0 Å². The Morgan fingerprint density at radius 1 is 1.25 bits per heavy atom. The Balaban J connectivity index is 2.44. The minimum absolute atomic E-state index is 0.329. The van der Waals surface area contributed by atoms with Crippen LogP contribution >= 0.6 is 15.9 Å². The summed E-state index contributed by atoms with van der Waals surface area (Å²) >= 11 is 3.34. The van der Waals surface area contributed by atoms with Gasteiger partial charge in [-0.1, -0.05) is 28.9 Å². The summed E-state index contributed by atoms with van der Waals surface area (Å²) in [6, 6.07) is 5.72. The van der Waals surface area contributed by atoms with Gasteiger partial charge < -0.3 is 5.32 Å². The number of benzene rings is 1. The van der Waals surface area contributed by atoms with E-state index < -0.39 is 0 Å². The van der Waals surface area contributed by atoms with Crippen LogP contribution in [0.4, 0.5) is 8.78 Å². The summed E-state index contributed by atoms with van der Waals surface area (Å²) < 4.78 is 27.8. The van der Waals surface area contributed by atoms with E-state index in [1.54, 1.807) is 18.3 Å². The molecule has 0 aliphatic heterocycles. The first-order chi connectivity index (χ1) is 9.63. The summed E-state index contributed by atoms with van der Waals surface area (Å²) in [5, 5.41) is 3.28. The maximum Gasteiger partial charge on any atom is 0.146 e. The molecular weight excluding hydrogens is 326 g/mol. The van der Waals surface area contributed by atoms with Crippen LogP contribution in [-0.2, 0) is 0 Å². The van der Waals surface area contributed by atoms with E-state index in [9.17, 15) is 8.78 Å². The van der Waals surface area contributed by atoms with E-state index in [0.29, 0.717) is 10.0 Å². The maximum atomic E-state index is 14.0. The lowest BCUT2D eigenvalue weighted by molar-refractivity contribution is 0.541. The first-order valence-electron chi connectivity index (χ1n) is 6.41. The molecule has 2 nitrogen and oxygen atoms in total. The molecule has 0 bridgehead atoms. The van der Waals surface area contributed by atoms with E-state index in [1.807, 2.05) is 6.92 Å². The monoisotopic (exact) mass is 340 g/mol. The number of pyridine rings is 1. The number of rotatable bonds is 5. The van der Waals surface area contributed by atoms with Gasteiger partial charge in [0.05, 0.1) is 12.2 Å². The lowest BCUT2D eigenvalue weighted by atomic mass is 9.99. The summed E-state index contributed by atoms with van der Waals surface area (Å²) in [5.74, 6) is -0.706. The number of aromatic nitrogens is 1. The average molecular weight is 341 g/mol. The molecule has 1 unspecified atom stereocenters. The highest BCUT2D eigenvalue weighted by molar-refractivity contribution is 9.10. The second-order valence-corrected chi connectivity index (χ2v) is 5.30. The van der Waals surface area contributed by atoms with Crippen molar-refractivity contribution in [3.63, 3.8) is 0 Å². The molecular formula is C15H15BrF2N2. The van der Waals surface area contributed by atoms with E-state index in [2.05, 4.69) is 26.2 Å². The zero-order valence-electron chi connectivity index (χ0n) is 11.0. The number of halogens is 3. The maximum absolute atomic E-state index is 14.0. The van der Waals surface area contributed by atoms with Gasteiger partial charge in [0.2, 0.25) is 0 Å². The van der Waals surface area contributed by atoms with Crippen molar-refractivity contribution in [3.05, 3.63) is 63.9 Å². The summed E-state index contributed by atoms with van der Waals surface area (Å²) in [4.78, 5) is 3.76. The van der Waals surface area contributed by atoms with Crippen molar-refractivity contribution in [2.75, 3.05) is 6.54 Å². The minimum Gasteiger partial charge on any atom is -0.306 e. The van der Waals surface area contributed by atoms with Crippen LogP contribution in [0.2, 0.25) is 0 Å². The van der Waals surface area contributed by atoms with Crippen LogP contribution in [0.15, 0.2) is 41.1 Å². The van der Waals surface area contributed by atoms with Gasteiger partial charge in [0.1, 0.15) is 11.6 Å². The van der Waals surface area contributed by atoms with Gasteiger partial charge in [-0.25, -0.2) is 8.78 Å². The van der Waals surface area contributed by atoms with Gasteiger partial charge in [-0.2, -0.15) is 0 Å². The van der Waals surface area contributed by atoms with E-state index in [-0.39, 0.29) is 17.7 Å². The van der Waals surface area contributed by atoms with Crippen molar-refractivity contribution in [2.24, 2.45) is 0 Å². The van der Waals surface area contributed by atoms with Gasteiger partial charge in [-0.3, -0.25) is 4.98 Å². The summed E-state index contributed by atoms with van der Waals surface area (Å²) in [6.45, 7) is 2.77. The highest BCUT2D eigenvalue weighted by Crippen LogP contribution is 2.30. The van der Waals surface area contributed by atoms with Crippen molar-refractivity contribution in [1.29, 1.82) is 0 Å². The Morgan fingerprint density at radius 3 is 2.70 bits per heavy atom. The minimum atomic E-state index is -0.377. The molecule has 1 aromatic heterocycles. The molecule has 5 heteroatoms. The Morgan fingerprint density at radius 2 is 2.05 bits per heavy atom. The molecule has 2 rings (SSSR count). The Bertz CT molecular complexity index is 590. The average Bonchev–Trinajstić information content (AvgIpc) is 2.42. The molecule has 1 heterocycles. The highest BCUT2D eigenvalue weighted by Gasteiger charge is 2.19. The Labute approximate surface area is 125 Å². The molecule has 0 aliphatic rings. The normalized spacial score (nSPS) is 12.4. The third-order valence-electron chi connectivity index (χ3n) is 2.99. The van der Waals surface area contributed by atoms with Gasteiger partial charge in [0, 0.05) is 16.2 Å². The standard InChI is InChI=1S/C15H15BrF2N2/c1-2-6-20-15(12-5-7-19-9-14(12)18)11-4-3-10(17)8-13(11)16/h3-5,7-9,15,20H,2,6H2,1H3. The zero-order chi connectivity index (χ0) is 14.5. The van der Waals surface area contributed by atoms with E-state index in [1.165, 1.54) is 18.3 Å². The van der Waals surface area contributed by atoms with Crippen LogP contribution < -0.4 is 5.32 Å². The van der Waals surface area contributed by atoms with Crippen molar-refractivity contribution in [3.8, 4) is 0 Å². The molecule has 1 atom stereocenters. The predicted molar refractivity (Wildman–Crippen MR) is 78.4 cm³/mol. The van der Waals surface area contributed by atoms with Crippen molar-refractivity contribution < 1.29 is 8.78 Å². The van der Waals surface area contributed by atoms with Crippen LogP contribution in [-0.4, -0.2) is 11.5 Å². The van der Waals surface area contributed by atoms with E-state index in [4.69, 9.17) is 0 Å². The van der Waals surface area contributed by atoms with Gasteiger partial charge in [-0.05, 0) is 36.7 Å². The molecule has 2 aromatic rings. The first-order valence-corrected chi connectivity index (χ1v) is 7.20. The number of hydrogen-bond donors (Lipinski definition) is 1. The second kappa shape index (κ2) is 6.90. The van der Waals surface area contributed by atoms with Crippen molar-refractivity contribution in [1.82, 2.24) is 10.3 Å². The van der Waals surface area contributed by atoms with Crippen molar-refractivity contribution >= 4 is 15.9 Å². The fourth-order valence-electron chi connectivity index (χ4n) is 2.03. The summed E-state index contributed by atoms with van der Waals surface area (Å²) in [7, 11) is 0. The number of hydrogen-bond acceptors (Lipinski definition) is 2. The topological polar surface area (TPSA) is 24.9 Å². The molecule has 1 aromatic carbocycles. The van der Waals surface area contributed by atoms with Gasteiger partial charge in [0.15, 0.2) is 0 Å². The molecule has 0 fully saturated rings. The summed E-state index contributed by atoms with van der Waals surface area (Å²) in [6.07, 6.45) is 3.66. The zero-order valence-corrected chi connectivity index (χ0v) is 12.6. The molecule has 0 spiro atoms. The molecule has 0 saturated heterocycles. The quantitative estimate of drug-likeness (QED) is 0.881. The molecule has 20 heavy (non-hydrogen) atoms. The SMILES string of the molecule is CCCNC(c1ccncc1F)c1ccc(F)cc1Br. The second-order valence-electron chi connectivity index (χ2n) is 4.45. The lowest BCUT2D eigenvalue weighted by Crippen LogP contribution is -2.24. The largest absolute Gasteiger partial charge is 0.306 e. The van der Waals surface area contributed by atoms with Gasteiger partial charge >= 0.3 is 0 Å². The molecule has 0 aliphatic carbocycles. The van der Waals surface area contributed by atoms with Crippen LogP contribution in [0.1, 0.15) is 30.5 Å². The fourth-order valence-corrected chi connectivity index (χ4v) is 2.61. The lowest BCUT2D eigenvalue weighted by Gasteiger charge is -2.21. The molecule has 0 radical (unpaired) electrons. The van der Waals surface area contributed by atoms with Crippen LogP contribution in [0, 0.1) is 11.6 Å². The van der Waals surface area contributed by atoms with Gasteiger partial charge in [-0.15, -0.1) is 0 Å². The summed E-state index contributed by atoms with van der Waals surface area (Å²) in [5.41, 5.74) is 1.30. The highest BCUT2D eigenvalue weighted by atomic mass is 79.9. The predicted octanol–water partition coefficient (Wildman–Crippen LogP) is 4.21. The molecule has 0 amide bonds. The Hall–Kier alpha value is -1.33. The molecule has 0 saturated carbocycles. The van der Waals surface area contributed by atoms with Crippen molar-refractivity contribution in [2.45, 2.75) is 19.4 Å². The molecule has 1 N–H and O–H groups in total. The van der Waals surface area contributed by atoms with E-state index in [0.717, 1.165) is 18.5 Å². The molecule has 106 valence electrons. The smallest absolute Gasteiger partial charge is 0.146 e. The van der Waals surface area contributed by atoms with E-state index >= 15 is 0 Å². The first kappa shape index (κ1) is 15.1. The van der Waals surface area contributed by atoms with Crippen LogP contribution in [0.3, 0.4) is 0 Å². The Kier molecular flexibility index (Phi) is 5.20. The third-order valence-corrected chi connectivity index (χ3v) is 3.67. The van der Waals surface area contributed by atoms with Gasteiger partial charge in [0.25, 0.3) is 0 Å². The number of nitrogens with one attached hydrogen (secondary N) is 1. The third kappa shape index (κ3) is 3.41. The fraction of sp³-hybridized carbons (Fsp3) is 0.267. The van der Waals surface area contributed by atoms with Crippen LogP contribution in [0.25, 0.3) is 0 Å². The number of nitrogens with zero attached hydrogens (tertiary/aromatic N) is 1.